The van der Waals surface area contributed by atoms with E-state index in [-0.39, 0.29) is 0 Å². The van der Waals surface area contributed by atoms with Crippen LogP contribution in [0.4, 0.5) is 11.4 Å². The van der Waals surface area contributed by atoms with Gasteiger partial charge in [-0.1, -0.05) is 0 Å². The van der Waals surface area contributed by atoms with Crippen molar-refractivity contribution in [2.75, 3.05) is 31.2 Å². The molecule has 1 aromatic carbocycles. The minimum Gasteiger partial charge on any atom is -0.397 e. The maximum Gasteiger partial charge on any atom is 0.248 e. The van der Waals surface area contributed by atoms with Crippen LogP contribution in [0.2, 0.25) is 0 Å². The first kappa shape index (κ1) is 14.3. The highest BCUT2D eigenvalue weighted by Crippen LogP contribution is 2.19. The van der Waals surface area contributed by atoms with Gasteiger partial charge in [0, 0.05) is 24.7 Å². The van der Waals surface area contributed by atoms with Crippen LogP contribution in [0.5, 0.6) is 0 Å². The predicted molar refractivity (Wildman–Crippen MR) is 75.6 cm³/mol. The van der Waals surface area contributed by atoms with E-state index in [2.05, 4.69) is 31.1 Å². The van der Waals surface area contributed by atoms with Crippen LogP contribution in [0.25, 0.3) is 0 Å². The second-order valence-electron chi connectivity index (χ2n) is 4.67. The number of amides is 1. The molecule has 0 heterocycles. The summed E-state index contributed by atoms with van der Waals surface area (Å²) in [6.07, 6.45) is 0. The Morgan fingerprint density at radius 2 is 2.11 bits per heavy atom. The van der Waals surface area contributed by atoms with E-state index in [1.165, 1.54) is 0 Å². The number of carbonyl (C=O) groups is 1. The maximum atomic E-state index is 11.1. The third-order valence-electron chi connectivity index (χ3n) is 3.00. The van der Waals surface area contributed by atoms with E-state index >= 15 is 0 Å². The van der Waals surface area contributed by atoms with Crippen molar-refractivity contribution in [3.05, 3.63) is 23.8 Å². The monoisotopic (exact) mass is 250 g/mol. The Balaban J connectivity index is 2.61. The molecule has 0 aliphatic rings. The first-order chi connectivity index (χ1) is 8.41. The Hall–Kier alpha value is -1.75. The molecule has 18 heavy (non-hydrogen) atoms. The van der Waals surface area contributed by atoms with Gasteiger partial charge in [0.2, 0.25) is 5.91 Å². The van der Waals surface area contributed by atoms with Crippen molar-refractivity contribution in [3.8, 4) is 0 Å². The molecular weight excluding hydrogens is 228 g/mol. The summed E-state index contributed by atoms with van der Waals surface area (Å²) in [4.78, 5) is 13.3. The van der Waals surface area contributed by atoms with Crippen LogP contribution in [-0.4, -0.2) is 37.0 Å². The van der Waals surface area contributed by atoms with Crippen LogP contribution < -0.4 is 16.8 Å². The van der Waals surface area contributed by atoms with Crippen molar-refractivity contribution in [2.45, 2.75) is 19.9 Å². The number of rotatable bonds is 6. The molecular formula is C13H22N4O. The van der Waals surface area contributed by atoms with Crippen LogP contribution in [-0.2, 0) is 0 Å². The summed E-state index contributed by atoms with van der Waals surface area (Å²) in [5.74, 6) is -0.447. The summed E-state index contributed by atoms with van der Waals surface area (Å²) in [6, 6.07) is 5.51. The normalized spacial score (nSPS) is 10.9. The molecule has 0 unspecified atom stereocenters. The number of hydrogen-bond acceptors (Lipinski definition) is 4. The molecule has 0 fully saturated rings. The molecule has 0 bridgehead atoms. The third kappa shape index (κ3) is 3.92. The summed E-state index contributed by atoms with van der Waals surface area (Å²) < 4.78 is 0. The zero-order chi connectivity index (χ0) is 13.7. The molecule has 100 valence electrons. The topological polar surface area (TPSA) is 84.4 Å². The van der Waals surface area contributed by atoms with Crippen molar-refractivity contribution in [3.63, 3.8) is 0 Å². The Morgan fingerprint density at radius 1 is 1.44 bits per heavy atom. The molecule has 5 nitrogen and oxygen atoms in total. The van der Waals surface area contributed by atoms with Crippen LogP contribution in [0.3, 0.4) is 0 Å². The number of anilines is 2. The average Bonchev–Trinajstić information content (AvgIpc) is 2.30. The van der Waals surface area contributed by atoms with Crippen LogP contribution in [0.15, 0.2) is 18.2 Å². The van der Waals surface area contributed by atoms with E-state index < -0.39 is 5.91 Å². The Kier molecular flexibility index (Phi) is 4.97. The number of nitrogens with zero attached hydrogens (tertiary/aromatic N) is 1. The molecule has 0 saturated carbocycles. The Morgan fingerprint density at radius 3 is 2.67 bits per heavy atom. The summed E-state index contributed by atoms with van der Waals surface area (Å²) in [6.45, 7) is 5.95. The zero-order valence-electron chi connectivity index (χ0n) is 11.2. The summed E-state index contributed by atoms with van der Waals surface area (Å²) in [5.41, 5.74) is 12.9. The van der Waals surface area contributed by atoms with Crippen LogP contribution in [0.1, 0.15) is 24.2 Å². The quantitative estimate of drug-likeness (QED) is 0.661. The Bertz CT molecular complexity index is 417. The van der Waals surface area contributed by atoms with Gasteiger partial charge in [-0.25, -0.2) is 0 Å². The van der Waals surface area contributed by atoms with E-state index in [9.17, 15) is 4.79 Å². The van der Waals surface area contributed by atoms with Crippen molar-refractivity contribution in [1.82, 2.24) is 4.90 Å². The SMILES string of the molecule is CC(C)N(C)CCNc1cc(C(N)=O)ccc1N. The summed E-state index contributed by atoms with van der Waals surface area (Å²) in [7, 11) is 2.07. The molecule has 0 atom stereocenters. The number of nitrogen functional groups attached to an aromatic ring is 1. The number of nitrogens with two attached hydrogens (primary N) is 2. The lowest BCUT2D eigenvalue weighted by Crippen LogP contribution is -2.31. The molecule has 0 saturated heterocycles. The highest BCUT2D eigenvalue weighted by atomic mass is 16.1. The summed E-state index contributed by atoms with van der Waals surface area (Å²) in [5, 5.41) is 3.22. The number of carbonyl (C=O) groups excluding carboxylic acids is 1. The smallest absolute Gasteiger partial charge is 0.248 e. The van der Waals surface area contributed by atoms with Gasteiger partial charge >= 0.3 is 0 Å². The number of benzene rings is 1. The molecule has 5 N–H and O–H groups in total. The first-order valence-electron chi connectivity index (χ1n) is 6.05. The lowest BCUT2D eigenvalue weighted by Gasteiger charge is -2.21. The lowest BCUT2D eigenvalue weighted by atomic mass is 10.1. The molecule has 5 heteroatoms. The largest absolute Gasteiger partial charge is 0.397 e. The number of primary amides is 1. The van der Waals surface area contributed by atoms with Crippen molar-refractivity contribution in [1.29, 1.82) is 0 Å². The van der Waals surface area contributed by atoms with Gasteiger partial charge in [0.25, 0.3) is 0 Å². The van der Waals surface area contributed by atoms with Gasteiger partial charge in [0.15, 0.2) is 0 Å². The van der Waals surface area contributed by atoms with E-state index in [0.717, 1.165) is 18.8 Å². The minimum absolute atomic E-state index is 0.447. The molecule has 1 amide bonds. The highest BCUT2D eigenvalue weighted by molar-refractivity contribution is 5.94. The average molecular weight is 250 g/mol. The predicted octanol–water partition coefficient (Wildman–Crippen LogP) is 1.12. The van der Waals surface area contributed by atoms with Gasteiger partial charge < -0.3 is 21.7 Å². The summed E-state index contributed by atoms with van der Waals surface area (Å²) >= 11 is 0. The molecule has 0 aliphatic heterocycles. The number of hydrogen-bond donors (Lipinski definition) is 3. The molecule has 0 aromatic heterocycles. The standard InChI is InChI=1S/C13H22N4O/c1-9(2)17(3)7-6-16-12-8-10(13(15)18)4-5-11(12)14/h4-5,8-9,16H,6-7,14H2,1-3H3,(H2,15,18). The zero-order valence-corrected chi connectivity index (χ0v) is 11.2. The van der Waals surface area contributed by atoms with E-state index in [1.54, 1.807) is 18.2 Å². The fourth-order valence-electron chi connectivity index (χ4n) is 1.49. The van der Waals surface area contributed by atoms with Gasteiger partial charge in [-0.3, -0.25) is 4.79 Å². The maximum absolute atomic E-state index is 11.1. The number of nitrogens with one attached hydrogen (secondary N) is 1. The highest BCUT2D eigenvalue weighted by Gasteiger charge is 2.06. The van der Waals surface area contributed by atoms with Crippen LogP contribution in [0, 0.1) is 0 Å². The van der Waals surface area contributed by atoms with Crippen molar-refractivity contribution >= 4 is 17.3 Å². The van der Waals surface area contributed by atoms with Gasteiger partial charge in [-0.15, -0.1) is 0 Å². The third-order valence-corrected chi connectivity index (χ3v) is 3.00. The fraction of sp³-hybridized carbons (Fsp3) is 0.462. The second kappa shape index (κ2) is 6.26. The van der Waals surface area contributed by atoms with Gasteiger partial charge in [-0.2, -0.15) is 0 Å². The van der Waals surface area contributed by atoms with E-state index in [1.807, 2.05) is 0 Å². The van der Waals surface area contributed by atoms with Crippen molar-refractivity contribution < 1.29 is 4.79 Å². The van der Waals surface area contributed by atoms with Gasteiger partial charge in [-0.05, 0) is 39.1 Å². The fourth-order valence-corrected chi connectivity index (χ4v) is 1.49. The van der Waals surface area contributed by atoms with Crippen LogP contribution >= 0.6 is 0 Å². The Labute approximate surface area is 108 Å². The van der Waals surface area contributed by atoms with Gasteiger partial charge in [0.1, 0.15) is 0 Å². The first-order valence-corrected chi connectivity index (χ1v) is 6.05. The molecule has 1 aromatic rings. The molecule has 0 radical (unpaired) electrons. The van der Waals surface area contributed by atoms with Crippen molar-refractivity contribution in [2.24, 2.45) is 5.73 Å². The van der Waals surface area contributed by atoms with E-state index in [0.29, 0.717) is 17.3 Å². The second-order valence-corrected chi connectivity index (χ2v) is 4.67. The molecule has 0 spiro atoms. The van der Waals surface area contributed by atoms with E-state index in [4.69, 9.17) is 11.5 Å². The lowest BCUT2D eigenvalue weighted by molar-refractivity contribution is 0.100. The molecule has 1 rings (SSSR count). The minimum atomic E-state index is -0.447. The van der Waals surface area contributed by atoms with Gasteiger partial charge in [0.05, 0.1) is 11.4 Å². The molecule has 0 aliphatic carbocycles. The number of likely N-dealkylation sites (N-methyl/N-ethyl adjacent to an activating group) is 1.